The minimum Gasteiger partial charge on any atom is -0.493 e. The van der Waals surface area contributed by atoms with E-state index in [1.165, 1.54) is 6.42 Å². The third-order valence-electron chi connectivity index (χ3n) is 4.10. The number of carbonyl (C=O) groups is 1. The number of amides is 1. The third kappa shape index (κ3) is 4.31. The predicted octanol–water partition coefficient (Wildman–Crippen LogP) is 4.40. The van der Waals surface area contributed by atoms with E-state index in [9.17, 15) is 4.79 Å². The third-order valence-corrected chi connectivity index (χ3v) is 4.38. The van der Waals surface area contributed by atoms with Gasteiger partial charge in [-0.3, -0.25) is 4.79 Å². The van der Waals surface area contributed by atoms with Gasteiger partial charge in [0.1, 0.15) is 0 Å². The van der Waals surface area contributed by atoms with Crippen LogP contribution in [-0.2, 0) is 0 Å². The summed E-state index contributed by atoms with van der Waals surface area (Å²) in [4.78, 5) is 14.7. The number of hydrogen-bond donors (Lipinski definition) is 0. The van der Waals surface area contributed by atoms with E-state index >= 15 is 0 Å². The van der Waals surface area contributed by atoms with Crippen LogP contribution in [0.15, 0.2) is 12.1 Å². The molecule has 1 saturated heterocycles. The smallest absolute Gasteiger partial charge is 0.254 e. The fourth-order valence-corrected chi connectivity index (χ4v) is 3.06. The summed E-state index contributed by atoms with van der Waals surface area (Å²) in [7, 11) is 1.56. The molecule has 1 atom stereocenters. The molecule has 1 aromatic carbocycles. The topological polar surface area (TPSA) is 38.8 Å². The van der Waals surface area contributed by atoms with Crippen molar-refractivity contribution in [1.82, 2.24) is 4.90 Å². The fraction of sp³-hybridized carbons (Fsp3) is 0.611. The van der Waals surface area contributed by atoms with E-state index in [-0.39, 0.29) is 11.9 Å². The van der Waals surface area contributed by atoms with Gasteiger partial charge >= 0.3 is 0 Å². The molecule has 0 spiro atoms. The molecule has 23 heavy (non-hydrogen) atoms. The van der Waals surface area contributed by atoms with Crippen LogP contribution in [0.1, 0.15) is 50.4 Å². The van der Waals surface area contributed by atoms with Crippen LogP contribution in [-0.4, -0.2) is 37.1 Å². The molecule has 1 aliphatic rings. The van der Waals surface area contributed by atoms with Crippen molar-refractivity contribution in [3.8, 4) is 11.5 Å². The number of halogens is 1. The number of nitrogens with zero attached hydrogens (tertiary/aromatic N) is 1. The molecule has 1 amide bonds. The highest BCUT2D eigenvalue weighted by atomic mass is 35.5. The zero-order valence-electron chi connectivity index (χ0n) is 14.4. The minimum absolute atomic E-state index is 0.00723. The van der Waals surface area contributed by atoms with Crippen LogP contribution in [0.2, 0.25) is 5.02 Å². The Morgan fingerprint density at radius 2 is 2.13 bits per heavy atom. The van der Waals surface area contributed by atoms with Crippen LogP contribution in [0.25, 0.3) is 0 Å². The summed E-state index contributed by atoms with van der Waals surface area (Å²) in [5.74, 6) is 1.40. The standard InChI is InChI=1S/C18H26ClNO3/c1-12(2)11-23-17-15(19)9-14(10-16(17)22-4)18(21)20-8-6-5-7-13(20)3/h9-10,12-13H,5-8,11H2,1-4H3. The van der Waals surface area contributed by atoms with Gasteiger partial charge in [0.2, 0.25) is 0 Å². The van der Waals surface area contributed by atoms with E-state index in [4.69, 9.17) is 21.1 Å². The largest absolute Gasteiger partial charge is 0.493 e. The van der Waals surface area contributed by atoms with E-state index in [1.807, 2.05) is 4.90 Å². The lowest BCUT2D eigenvalue weighted by molar-refractivity contribution is 0.0635. The molecule has 0 aliphatic carbocycles. The Balaban J connectivity index is 2.26. The summed E-state index contributed by atoms with van der Waals surface area (Å²) in [5.41, 5.74) is 0.553. The molecular formula is C18H26ClNO3. The van der Waals surface area contributed by atoms with Gasteiger partial charge in [0.05, 0.1) is 18.7 Å². The molecule has 0 saturated carbocycles. The molecule has 1 fully saturated rings. The summed E-state index contributed by atoms with van der Waals surface area (Å²) in [5, 5.41) is 0.415. The molecule has 5 heteroatoms. The van der Waals surface area contributed by atoms with Crippen molar-refractivity contribution in [3.05, 3.63) is 22.7 Å². The van der Waals surface area contributed by atoms with E-state index in [1.54, 1.807) is 19.2 Å². The van der Waals surface area contributed by atoms with Gasteiger partial charge in [-0.25, -0.2) is 0 Å². The first-order chi connectivity index (χ1) is 10.9. The highest BCUT2D eigenvalue weighted by Crippen LogP contribution is 2.37. The first kappa shape index (κ1) is 17.9. The first-order valence-corrected chi connectivity index (χ1v) is 8.63. The van der Waals surface area contributed by atoms with Crippen molar-refractivity contribution in [2.24, 2.45) is 5.92 Å². The highest BCUT2D eigenvalue weighted by molar-refractivity contribution is 6.32. The van der Waals surface area contributed by atoms with Crippen molar-refractivity contribution >= 4 is 17.5 Å². The van der Waals surface area contributed by atoms with Gasteiger partial charge in [0.25, 0.3) is 5.91 Å². The van der Waals surface area contributed by atoms with Gasteiger partial charge in [-0.15, -0.1) is 0 Å². The zero-order chi connectivity index (χ0) is 17.0. The first-order valence-electron chi connectivity index (χ1n) is 8.25. The average Bonchev–Trinajstić information content (AvgIpc) is 2.52. The summed E-state index contributed by atoms with van der Waals surface area (Å²) in [6.07, 6.45) is 3.28. The maximum absolute atomic E-state index is 12.8. The molecule has 0 bridgehead atoms. The van der Waals surface area contributed by atoms with Gasteiger partial charge < -0.3 is 14.4 Å². The van der Waals surface area contributed by atoms with Crippen LogP contribution in [0.5, 0.6) is 11.5 Å². The average molecular weight is 340 g/mol. The molecule has 0 radical (unpaired) electrons. The normalized spacial score (nSPS) is 18.2. The quantitative estimate of drug-likeness (QED) is 0.798. The summed E-state index contributed by atoms with van der Waals surface area (Å²) in [6, 6.07) is 3.67. The molecule has 2 rings (SSSR count). The van der Waals surface area contributed by atoms with E-state index in [0.717, 1.165) is 19.4 Å². The maximum Gasteiger partial charge on any atom is 0.254 e. The fourth-order valence-electron chi connectivity index (χ4n) is 2.80. The van der Waals surface area contributed by atoms with Crippen LogP contribution >= 0.6 is 11.6 Å². The molecule has 1 unspecified atom stereocenters. The number of methoxy groups -OCH3 is 1. The van der Waals surface area contributed by atoms with Crippen LogP contribution in [0.3, 0.4) is 0 Å². The Labute approximate surface area is 143 Å². The molecule has 0 N–H and O–H groups in total. The molecule has 4 nitrogen and oxygen atoms in total. The number of carbonyl (C=O) groups excluding carboxylic acids is 1. The van der Waals surface area contributed by atoms with Crippen LogP contribution < -0.4 is 9.47 Å². The van der Waals surface area contributed by atoms with Crippen molar-refractivity contribution < 1.29 is 14.3 Å². The number of likely N-dealkylation sites (tertiary alicyclic amines) is 1. The van der Waals surface area contributed by atoms with Gasteiger partial charge in [0, 0.05) is 18.2 Å². The zero-order valence-corrected chi connectivity index (χ0v) is 15.2. The minimum atomic E-state index is 0.00723. The predicted molar refractivity (Wildman–Crippen MR) is 92.7 cm³/mol. The Bertz CT molecular complexity index is 559. The van der Waals surface area contributed by atoms with Crippen molar-refractivity contribution in [3.63, 3.8) is 0 Å². The van der Waals surface area contributed by atoms with Crippen LogP contribution in [0, 0.1) is 5.92 Å². The lowest BCUT2D eigenvalue weighted by Crippen LogP contribution is -2.42. The Morgan fingerprint density at radius 3 is 2.74 bits per heavy atom. The monoisotopic (exact) mass is 339 g/mol. The summed E-state index contributed by atoms with van der Waals surface area (Å²) >= 11 is 6.34. The van der Waals surface area contributed by atoms with Crippen molar-refractivity contribution in [2.45, 2.75) is 46.1 Å². The van der Waals surface area contributed by atoms with E-state index in [0.29, 0.717) is 34.6 Å². The van der Waals surface area contributed by atoms with Crippen LogP contribution in [0.4, 0.5) is 0 Å². The Kier molecular flexibility index (Phi) is 6.17. The number of ether oxygens (including phenoxy) is 2. The summed E-state index contributed by atoms with van der Waals surface area (Å²) < 4.78 is 11.1. The second-order valence-electron chi connectivity index (χ2n) is 6.54. The Morgan fingerprint density at radius 1 is 1.39 bits per heavy atom. The van der Waals surface area contributed by atoms with Gasteiger partial charge in [0.15, 0.2) is 11.5 Å². The number of rotatable bonds is 5. The van der Waals surface area contributed by atoms with Gasteiger partial charge in [-0.05, 0) is 44.2 Å². The summed E-state index contributed by atoms with van der Waals surface area (Å²) in [6.45, 7) is 7.57. The van der Waals surface area contributed by atoms with E-state index < -0.39 is 0 Å². The van der Waals surface area contributed by atoms with Crippen molar-refractivity contribution in [2.75, 3.05) is 20.3 Å². The SMILES string of the molecule is COc1cc(C(=O)N2CCCCC2C)cc(Cl)c1OCC(C)C. The van der Waals surface area contributed by atoms with Gasteiger partial charge in [-0.1, -0.05) is 25.4 Å². The Hall–Kier alpha value is -1.42. The lowest BCUT2D eigenvalue weighted by atomic mass is 10.0. The maximum atomic E-state index is 12.8. The molecule has 1 heterocycles. The molecule has 1 aromatic rings. The van der Waals surface area contributed by atoms with E-state index in [2.05, 4.69) is 20.8 Å². The number of piperidine rings is 1. The second-order valence-corrected chi connectivity index (χ2v) is 6.94. The molecule has 0 aromatic heterocycles. The molecule has 128 valence electrons. The lowest BCUT2D eigenvalue weighted by Gasteiger charge is -2.33. The highest BCUT2D eigenvalue weighted by Gasteiger charge is 2.26. The van der Waals surface area contributed by atoms with Gasteiger partial charge in [-0.2, -0.15) is 0 Å². The number of benzene rings is 1. The molecule has 1 aliphatic heterocycles. The second kappa shape index (κ2) is 7.91. The molecular weight excluding hydrogens is 314 g/mol. The van der Waals surface area contributed by atoms with Crippen molar-refractivity contribution in [1.29, 1.82) is 0 Å². The number of hydrogen-bond acceptors (Lipinski definition) is 3.